The Hall–Kier alpha value is -2.24. The van der Waals surface area contributed by atoms with E-state index in [1.54, 1.807) is 0 Å². The number of nitrogens with zero attached hydrogens (tertiary/aromatic N) is 3. The second-order valence-corrected chi connectivity index (χ2v) is 6.10. The van der Waals surface area contributed by atoms with Crippen LogP contribution in [0, 0.1) is 24.5 Å². The number of nitrogens with one attached hydrogen (secondary N) is 1. The Morgan fingerprint density at radius 2 is 2.04 bits per heavy atom. The minimum absolute atomic E-state index is 0.197. The molecule has 1 atom stereocenters. The third-order valence-corrected chi connectivity index (χ3v) is 4.00. The van der Waals surface area contributed by atoms with Crippen molar-refractivity contribution < 1.29 is 8.78 Å². The fourth-order valence-corrected chi connectivity index (χ4v) is 2.90. The third kappa shape index (κ3) is 3.75. The number of anilines is 3. The largest absolute Gasteiger partial charge is 0.356 e. The normalized spacial score (nSPS) is 18.1. The van der Waals surface area contributed by atoms with Crippen molar-refractivity contribution in [3.63, 3.8) is 0 Å². The molecule has 1 aromatic carbocycles. The summed E-state index contributed by atoms with van der Waals surface area (Å²) in [5.41, 5.74) is 0.197. The lowest BCUT2D eigenvalue weighted by atomic mass is 10.0. The fourth-order valence-electron chi connectivity index (χ4n) is 2.90. The SMILES string of the molecule is Cc1nc(Nc2ccc(F)cc2F)cc(N2CCCC(C)C2)n1. The highest BCUT2D eigenvalue weighted by Crippen LogP contribution is 2.25. The summed E-state index contributed by atoms with van der Waals surface area (Å²) in [6, 6.07) is 5.24. The molecule has 2 aromatic rings. The molecule has 0 aliphatic carbocycles. The molecule has 1 N–H and O–H groups in total. The summed E-state index contributed by atoms with van der Waals surface area (Å²) in [5, 5.41) is 2.91. The van der Waals surface area contributed by atoms with Crippen LogP contribution in [0.1, 0.15) is 25.6 Å². The highest BCUT2D eigenvalue weighted by Gasteiger charge is 2.18. The van der Waals surface area contributed by atoms with Crippen molar-refractivity contribution in [2.75, 3.05) is 23.3 Å². The first kappa shape index (κ1) is 15.6. The van der Waals surface area contributed by atoms with E-state index in [9.17, 15) is 8.78 Å². The molecule has 0 amide bonds. The van der Waals surface area contributed by atoms with Gasteiger partial charge in [0.2, 0.25) is 0 Å². The number of hydrogen-bond donors (Lipinski definition) is 1. The summed E-state index contributed by atoms with van der Waals surface area (Å²) in [7, 11) is 0. The van der Waals surface area contributed by atoms with Crippen LogP contribution in [0.4, 0.5) is 26.1 Å². The molecule has 1 unspecified atom stereocenters. The van der Waals surface area contributed by atoms with Gasteiger partial charge in [-0.25, -0.2) is 18.7 Å². The van der Waals surface area contributed by atoms with Gasteiger partial charge in [-0.3, -0.25) is 0 Å². The van der Waals surface area contributed by atoms with Crippen molar-refractivity contribution in [2.24, 2.45) is 5.92 Å². The van der Waals surface area contributed by atoms with Crippen LogP contribution in [0.25, 0.3) is 0 Å². The van der Waals surface area contributed by atoms with Crippen LogP contribution < -0.4 is 10.2 Å². The second kappa shape index (κ2) is 6.48. The van der Waals surface area contributed by atoms with Crippen molar-refractivity contribution in [3.8, 4) is 0 Å². The van der Waals surface area contributed by atoms with E-state index in [-0.39, 0.29) is 5.69 Å². The Labute approximate surface area is 134 Å². The topological polar surface area (TPSA) is 41.1 Å². The summed E-state index contributed by atoms with van der Waals surface area (Å²) in [5.74, 6) is 1.35. The molecule has 1 aromatic heterocycles. The number of aromatic nitrogens is 2. The molecule has 1 fully saturated rings. The molecule has 1 aliphatic rings. The van der Waals surface area contributed by atoms with Crippen LogP contribution in [-0.2, 0) is 0 Å². The van der Waals surface area contributed by atoms with Gasteiger partial charge < -0.3 is 10.2 Å². The third-order valence-electron chi connectivity index (χ3n) is 4.00. The van der Waals surface area contributed by atoms with Gasteiger partial charge in [0, 0.05) is 25.2 Å². The van der Waals surface area contributed by atoms with Crippen LogP contribution in [-0.4, -0.2) is 23.1 Å². The highest BCUT2D eigenvalue weighted by atomic mass is 19.1. The molecule has 122 valence electrons. The van der Waals surface area contributed by atoms with Gasteiger partial charge in [-0.1, -0.05) is 6.92 Å². The monoisotopic (exact) mass is 318 g/mol. The van der Waals surface area contributed by atoms with E-state index < -0.39 is 11.6 Å². The fraction of sp³-hybridized carbons (Fsp3) is 0.412. The number of benzene rings is 1. The molecule has 23 heavy (non-hydrogen) atoms. The smallest absolute Gasteiger partial charge is 0.149 e. The number of hydrogen-bond acceptors (Lipinski definition) is 4. The van der Waals surface area contributed by atoms with Crippen molar-refractivity contribution in [2.45, 2.75) is 26.7 Å². The maximum absolute atomic E-state index is 13.8. The molecule has 0 saturated carbocycles. The van der Waals surface area contributed by atoms with Gasteiger partial charge in [0.25, 0.3) is 0 Å². The Kier molecular flexibility index (Phi) is 4.41. The summed E-state index contributed by atoms with van der Waals surface area (Å²) in [6.45, 7) is 5.96. The molecule has 0 spiro atoms. The lowest BCUT2D eigenvalue weighted by molar-refractivity contribution is 0.444. The standard InChI is InChI=1S/C17H20F2N4/c1-11-4-3-7-23(10-11)17-9-16(20-12(2)21-17)22-15-6-5-13(18)8-14(15)19/h5-6,8-9,11H,3-4,7,10H2,1-2H3,(H,20,21,22). The summed E-state index contributed by atoms with van der Waals surface area (Å²) < 4.78 is 26.8. The van der Waals surface area contributed by atoms with Gasteiger partial charge >= 0.3 is 0 Å². The molecule has 3 rings (SSSR count). The summed E-state index contributed by atoms with van der Waals surface area (Å²) >= 11 is 0. The van der Waals surface area contributed by atoms with Crippen LogP contribution in [0.2, 0.25) is 0 Å². The number of piperidine rings is 1. The second-order valence-electron chi connectivity index (χ2n) is 6.10. The predicted molar refractivity (Wildman–Crippen MR) is 87.0 cm³/mol. The number of halogens is 2. The van der Waals surface area contributed by atoms with Gasteiger partial charge in [0.15, 0.2) is 0 Å². The quantitative estimate of drug-likeness (QED) is 0.927. The zero-order valence-corrected chi connectivity index (χ0v) is 13.3. The van der Waals surface area contributed by atoms with Crippen LogP contribution in [0.15, 0.2) is 24.3 Å². The Balaban J connectivity index is 1.85. The van der Waals surface area contributed by atoms with E-state index >= 15 is 0 Å². The molecule has 4 nitrogen and oxygen atoms in total. The maximum Gasteiger partial charge on any atom is 0.149 e. The Morgan fingerprint density at radius 1 is 1.22 bits per heavy atom. The van der Waals surface area contributed by atoms with E-state index in [0.717, 1.165) is 31.4 Å². The molecular weight excluding hydrogens is 298 g/mol. The first-order valence-corrected chi connectivity index (χ1v) is 7.84. The lowest BCUT2D eigenvalue weighted by Crippen LogP contribution is -2.35. The van der Waals surface area contributed by atoms with E-state index in [1.807, 2.05) is 13.0 Å². The average molecular weight is 318 g/mol. The molecule has 6 heteroatoms. The molecule has 1 saturated heterocycles. The summed E-state index contributed by atoms with van der Waals surface area (Å²) in [4.78, 5) is 11.0. The van der Waals surface area contributed by atoms with Crippen LogP contribution >= 0.6 is 0 Å². The summed E-state index contributed by atoms with van der Waals surface area (Å²) in [6.07, 6.45) is 2.37. The molecular formula is C17H20F2N4. The van der Waals surface area contributed by atoms with Crippen molar-refractivity contribution in [1.82, 2.24) is 9.97 Å². The van der Waals surface area contributed by atoms with Gasteiger partial charge in [-0.15, -0.1) is 0 Å². The van der Waals surface area contributed by atoms with E-state index in [2.05, 4.69) is 27.1 Å². The maximum atomic E-state index is 13.8. The first-order valence-electron chi connectivity index (χ1n) is 7.84. The van der Waals surface area contributed by atoms with E-state index in [0.29, 0.717) is 17.6 Å². The zero-order valence-electron chi connectivity index (χ0n) is 13.3. The van der Waals surface area contributed by atoms with Crippen molar-refractivity contribution in [1.29, 1.82) is 0 Å². The number of rotatable bonds is 3. The Morgan fingerprint density at radius 3 is 2.78 bits per heavy atom. The first-order chi connectivity index (χ1) is 11.0. The minimum Gasteiger partial charge on any atom is -0.356 e. The molecule has 2 heterocycles. The molecule has 0 radical (unpaired) electrons. The zero-order chi connectivity index (χ0) is 16.4. The lowest BCUT2D eigenvalue weighted by Gasteiger charge is -2.32. The highest BCUT2D eigenvalue weighted by molar-refractivity contribution is 5.60. The minimum atomic E-state index is -0.644. The number of aryl methyl sites for hydroxylation is 1. The van der Waals surface area contributed by atoms with Crippen LogP contribution in [0.5, 0.6) is 0 Å². The van der Waals surface area contributed by atoms with Crippen LogP contribution in [0.3, 0.4) is 0 Å². The van der Waals surface area contributed by atoms with Gasteiger partial charge in [-0.05, 0) is 37.8 Å². The average Bonchev–Trinajstić information content (AvgIpc) is 2.50. The van der Waals surface area contributed by atoms with E-state index in [4.69, 9.17) is 0 Å². The molecule has 1 aliphatic heterocycles. The predicted octanol–water partition coefficient (Wildman–Crippen LogP) is 4.04. The molecule has 0 bridgehead atoms. The Bertz CT molecular complexity index is 705. The van der Waals surface area contributed by atoms with Crippen molar-refractivity contribution in [3.05, 3.63) is 41.7 Å². The van der Waals surface area contributed by atoms with Gasteiger partial charge in [-0.2, -0.15) is 0 Å². The van der Waals surface area contributed by atoms with Gasteiger partial charge in [0.1, 0.15) is 29.1 Å². The van der Waals surface area contributed by atoms with E-state index in [1.165, 1.54) is 18.6 Å². The van der Waals surface area contributed by atoms with Gasteiger partial charge in [0.05, 0.1) is 5.69 Å². The van der Waals surface area contributed by atoms with Crippen molar-refractivity contribution >= 4 is 17.3 Å².